The molecule has 5 rings (SSSR count). The molecule has 0 aliphatic carbocycles. The van der Waals surface area contributed by atoms with Gasteiger partial charge in [0.1, 0.15) is 0 Å². The van der Waals surface area contributed by atoms with Crippen LogP contribution in [0, 0.1) is 0 Å². The number of hydrogen-bond acceptors (Lipinski definition) is 2. The summed E-state index contributed by atoms with van der Waals surface area (Å²) < 4.78 is 3.56. The highest BCUT2D eigenvalue weighted by molar-refractivity contribution is 7.24. The second kappa shape index (κ2) is 4.42. The number of aromatic nitrogens is 2. The molecule has 3 heteroatoms. The molecular formula is C19H12N2S. The minimum Gasteiger partial charge on any atom is -0.283 e. The van der Waals surface area contributed by atoms with E-state index >= 15 is 0 Å². The van der Waals surface area contributed by atoms with E-state index < -0.39 is 0 Å². The van der Waals surface area contributed by atoms with E-state index in [1.807, 2.05) is 6.07 Å². The van der Waals surface area contributed by atoms with E-state index in [1.165, 1.54) is 26.9 Å². The van der Waals surface area contributed by atoms with Crippen molar-refractivity contribution >= 4 is 37.5 Å². The summed E-state index contributed by atoms with van der Waals surface area (Å²) in [4.78, 5) is 5.82. The van der Waals surface area contributed by atoms with Crippen molar-refractivity contribution in [1.82, 2.24) is 9.38 Å². The molecule has 0 saturated heterocycles. The fraction of sp³-hybridized carbons (Fsp3) is 0. The van der Waals surface area contributed by atoms with Crippen LogP contribution in [-0.2, 0) is 0 Å². The lowest BCUT2D eigenvalue weighted by atomic mass is 10.1. The van der Waals surface area contributed by atoms with Crippen molar-refractivity contribution in [3.8, 4) is 11.1 Å². The Labute approximate surface area is 131 Å². The summed E-state index contributed by atoms with van der Waals surface area (Å²) in [6.07, 6.45) is 0. The van der Waals surface area contributed by atoms with Crippen LogP contribution in [0.5, 0.6) is 0 Å². The van der Waals surface area contributed by atoms with Crippen LogP contribution in [0.2, 0.25) is 0 Å². The molecule has 0 atom stereocenters. The highest BCUT2D eigenvalue weighted by Gasteiger charge is 2.13. The van der Waals surface area contributed by atoms with Gasteiger partial charge in [-0.25, -0.2) is 4.98 Å². The van der Waals surface area contributed by atoms with Crippen molar-refractivity contribution in [2.75, 3.05) is 0 Å². The smallest absolute Gasteiger partial charge is 0.195 e. The molecule has 22 heavy (non-hydrogen) atoms. The minimum absolute atomic E-state index is 1.06. The first-order chi connectivity index (χ1) is 10.9. The number of benzene rings is 3. The van der Waals surface area contributed by atoms with Gasteiger partial charge in [-0.1, -0.05) is 65.9 Å². The Morgan fingerprint density at radius 2 is 1.50 bits per heavy atom. The number of nitrogens with zero attached hydrogens (tertiary/aromatic N) is 2. The third-order valence-electron chi connectivity index (χ3n) is 4.04. The van der Waals surface area contributed by atoms with Crippen LogP contribution < -0.4 is 0 Å². The maximum atomic E-state index is 4.77. The molecule has 2 aromatic heterocycles. The van der Waals surface area contributed by atoms with Gasteiger partial charge in [0.15, 0.2) is 4.96 Å². The maximum absolute atomic E-state index is 4.77. The summed E-state index contributed by atoms with van der Waals surface area (Å²) in [5.74, 6) is 0. The first-order valence-electron chi connectivity index (χ1n) is 7.26. The van der Waals surface area contributed by atoms with Gasteiger partial charge < -0.3 is 0 Å². The van der Waals surface area contributed by atoms with Gasteiger partial charge >= 0.3 is 0 Å². The molecule has 0 fully saturated rings. The van der Waals surface area contributed by atoms with Gasteiger partial charge in [-0.3, -0.25) is 4.40 Å². The van der Waals surface area contributed by atoms with E-state index in [1.54, 1.807) is 11.3 Å². The summed E-state index contributed by atoms with van der Waals surface area (Å²) in [5, 5.41) is 0. The molecule has 0 radical (unpaired) electrons. The van der Waals surface area contributed by atoms with Crippen molar-refractivity contribution in [2.24, 2.45) is 0 Å². The van der Waals surface area contributed by atoms with Gasteiger partial charge in [0.05, 0.1) is 21.3 Å². The lowest BCUT2D eigenvalue weighted by Gasteiger charge is -2.03. The molecule has 0 N–H and O–H groups in total. The zero-order valence-electron chi connectivity index (χ0n) is 11.7. The zero-order valence-corrected chi connectivity index (χ0v) is 12.5. The second-order valence-corrected chi connectivity index (χ2v) is 6.32. The average molecular weight is 300 g/mol. The quantitative estimate of drug-likeness (QED) is 0.407. The van der Waals surface area contributed by atoms with Crippen molar-refractivity contribution in [1.29, 1.82) is 0 Å². The van der Waals surface area contributed by atoms with Crippen LogP contribution in [0.1, 0.15) is 0 Å². The molecule has 2 nitrogen and oxygen atoms in total. The Morgan fingerprint density at radius 1 is 0.727 bits per heavy atom. The van der Waals surface area contributed by atoms with Crippen LogP contribution in [0.3, 0.4) is 0 Å². The van der Waals surface area contributed by atoms with E-state index in [-0.39, 0.29) is 0 Å². The Kier molecular flexibility index (Phi) is 2.40. The molecule has 0 aliphatic rings. The van der Waals surface area contributed by atoms with Crippen molar-refractivity contribution in [2.45, 2.75) is 0 Å². The predicted molar refractivity (Wildman–Crippen MR) is 93.5 cm³/mol. The lowest BCUT2D eigenvalue weighted by Crippen LogP contribution is -1.82. The molecule has 5 aromatic rings. The molecular weight excluding hydrogens is 288 g/mol. The Balaban J connectivity index is 1.94. The van der Waals surface area contributed by atoms with E-state index in [4.69, 9.17) is 4.98 Å². The van der Waals surface area contributed by atoms with Gasteiger partial charge in [-0.2, -0.15) is 0 Å². The fourth-order valence-corrected chi connectivity index (χ4v) is 4.22. The zero-order chi connectivity index (χ0) is 14.5. The Bertz CT molecular complexity index is 1120. The molecule has 0 saturated carbocycles. The van der Waals surface area contributed by atoms with Crippen LogP contribution in [-0.4, -0.2) is 9.38 Å². The second-order valence-electron chi connectivity index (χ2n) is 5.34. The van der Waals surface area contributed by atoms with Crippen LogP contribution >= 0.6 is 11.3 Å². The first-order valence-corrected chi connectivity index (χ1v) is 8.07. The van der Waals surface area contributed by atoms with Gasteiger partial charge in [-0.15, -0.1) is 0 Å². The monoisotopic (exact) mass is 300 g/mol. The van der Waals surface area contributed by atoms with Crippen LogP contribution in [0.4, 0.5) is 0 Å². The molecule has 0 amide bonds. The van der Waals surface area contributed by atoms with Crippen molar-refractivity contribution in [3.63, 3.8) is 0 Å². The standard InChI is InChI=1S/C19H12N2S/c1-2-7-13(8-3-1)14-9-6-12-17-18(14)22-19-20-15-10-4-5-11-16(15)21(17)19/h1-12H. The third-order valence-corrected chi connectivity index (χ3v) is 5.13. The molecule has 0 bridgehead atoms. The number of thiazole rings is 1. The fourth-order valence-electron chi connectivity index (χ4n) is 3.05. The molecule has 2 heterocycles. The van der Waals surface area contributed by atoms with Gasteiger partial charge in [-0.05, 0) is 23.8 Å². The number of para-hydroxylation sites is 2. The summed E-state index contributed by atoms with van der Waals surface area (Å²) in [6, 6.07) is 25.4. The summed E-state index contributed by atoms with van der Waals surface area (Å²) in [6.45, 7) is 0. The maximum Gasteiger partial charge on any atom is 0.195 e. The van der Waals surface area contributed by atoms with E-state index in [0.717, 1.165) is 10.5 Å². The van der Waals surface area contributed by atoms with Crippen LogP contribution in [0.25, 0.3) is 37.3 Å². The van der Waals surface area contributed by atoms with Crippen LogP contribution in [0.15, 0.2) is 72.8 Å². The molecule has 0 spiro atoms. The van der Waals surface area contributed by atoms with E-state index in [2.05, 4.69) is 71.1 Å². The number of rotatable bonds is 1. The highest BCUT2D eigenvalue weighted by Crippen LogP contribution is 2.36. The Morgan fingerprint density at radius 3 is 2.41 bits per heavy atom. The summed E-state index contributed by atoms with van der Waals surface area (Å²) in [5.41, 5.74) is 5.99. The van der Waals surface area contributed by atoms with E-state index in [0.29, 0.717) is 0 Å². The number of hydrogen-bond donors (Lipinski definition) is 0. The molecule has 0 unspecified atom stereocenters. The number of fused-ring (bicyclic) bond motifs is 5. The highest BCUT2D eigenvalue weighted by atomic mass is 32.1. The first kappa shape index (κ1) is 12.0. The number of imidazole rings is 1. The van der Waals surface area contributed by atoms with Gasteiger partial charge in [0.25, 0.3) is 0 Å². The molecule has 0 aliphatic heterocycles. The normalized spacial score (nSPS) is 11.6. The summed E-state index contributed by atoms with van der Waals surface area (Å²) >= 11 is 1.76. The SMILES string of the molecule is c1ccc(-c2cccc3c2sc2nc4ccccc4n23)cc1. The minimum atomic E-state index is 1.06. The lowest BCUT2D eigenvalue weighted by molar-refractivity contribution is 1.35. The van der Waals surface area contributed by atoms with Gasteiger partial charge in [0.2, 0.25) is 0 Å². The molecule has 3 aromatic carbocycles. The summed E-state index contributed by atoms with van der Waals surface area (Å²) in [7, 11) is 0. The Hall–Kier alpha value is -2.65. The van der Waals surface area contributed by atoms with Gasteiger partial charge in [0, 0.05) is 5.56 Å². The van der Waals surface area contributed by atoms with E-state index in [9.17, 15) is 0 Å². The average Bonchev–Trinajstić information content (AvgIpc) is 3.11. The molecule has 104 valence electrons. The third kappa shape index (κ3) is 1.57. The predicted octanol–water partition coefficient (Wildman–Crippen LogP) is 5.37. The largest absolute Gasteiger partial charge is 0.283 e. The van der Waals surface area contributed by atoms with Crippen molar-refractivity contribution in [3.05, 3.63) is 72.8 Å². The topological polar surface area (TPSA) is 17.3 Å². The van der Waals surface area contributed by atoms with Crippen molar-refractivity contribution < 1.29 is 0 Å².